The largest absolute Gasteiger partial charge is 0.378 e. The summed E-state index contributed by atoms with van der Waals surface area (Å²) in [7, 11) is 0. The number of halogens is 2. The first-order valence-corrected chi connectivity index (χ1v) is 9.98. The van der Waals surface area contributed by atoms with Gasteiger partial charge in [-0.3, -0.25) is 4.99 Å². The summed E-state index contributed by atoms with van der Waals surface area (Å²) < 4.78 is 5.73. The van der Waals surface area contributed by atoms with Gasteiger partial charge >= 0.3 is 0 Å². The molecule has 0 atom stereocenters. The topological polar surface area (TPSA) is 36.9 Å². The van der Waals surface area contributed by atoms with Gasteiger partial charge in [-0.1, -0.05) is 29.3 Å². The highest BCUT2D eigenvalue weighted by atomic mass is 35.5. The summed E-state index contributed by atoms with van der Waals surface area (Å²) >= 11 is 12.2. The number of ether oxygens (including phenoxy) is 1. The lowest BCUT2D eigenvalue weighted by molar-refractivity contribution is 0.0264. The molecular weight excluding hydrogens is 357 g/mol. The number of hydrogen-bond acceptors (Lipinski definition) is 2. The zero-order valence-electron chi connectivity index (χ0n) is 15.2. The Hall–Kier alpha value is -0.970. The third kappa shape index (κ3) is 6.69. The van der Waals surface area contributed by atoms with Crippen LogP contribution in [0.25, 0.3) is 0 Å². The Morgan fingerprint density at radius 3 is 2.68 bits per heavy atom. The number of aryl methyl sites for hydroxylation is 1. The fraction of sp³-hybridized carbons (Fsp3) is 0.632. The van der Waals surface area contributed by atoms with Crippen molar-refractivity contribution in [1.82, 2.24) is 10.2 Å². The predicted molar refractivity (Wildman–Crippen MR) is 107 cm³/mol. The SMILES string of the molecule is CCNC(=NCCCc1ccc(Cl)cc1Cl)N1CCC(OCC)CC1. The van der Waals surface area contributed by atoms with E-state index in [0.29, 0.717) is 11.1 Å². The molecule has 0 aliphatic carbocycles. The van der Waals surface area contributed by atoms with Crippen molar-refractivity contribution in [2.75, 3.05) is 32.8 Å². The van der Waals surface area contributed by atoms with Crippen LogP contribution < -0.4 is 5.32 Å². The molecule has 0 radical (unpaired) electrons. The second kappa shape index (κ2) is 10.9. The first-order chi connectivity index (χ1) is 12.1. The van der Waals surface area contributed by atoms with Gasteiger partial charge in [0.05, 0.1) is 6.10 Å². The third-order valence-corrected chi connectivity index (χ3v) is 4.95. The molecule has 1 N–H and O–H groups in total. The van der Waals surface area contributed by atoms with Gasteiger partial charge in [-0.25, -0.2) is 0 Å². The van der Waals surface area contributed by atoms with Crippen molar-refractivity contribution in [3.63, 3.8) is 0 Å². The molecule has 4 nitrogen and oxygen atoms in total. The van der Waals surface area contributed by atoms with Gasteiger partial charge < -0.3 is 15.0 Å². The zero-order chi connectivity index (χ0) is 18.1. The van der Waals surface area contributed by atoms with Crippen molar-refractivity contribution >= 4 is 29.2 Å². The molecule has 0 saturated carbocycles. The van der Waals surface area contributed by atoms with Crippen LogP contribution in [0.2, 0.25) is 10.0 Å². The Bertz CT molecular complexity index is 558. The summed E-state index contributed by atoms with van der Waals surface area (Å²) in [6, 6.07) is 5.69. The van der Waals surface area contributed by atoms with Crippen molar-refractivity contribution in [1.29, 1.82) is 0 Å². The van der Waals surface area contributed by atoms with Crippen LogP contribution in [0.5, 0.6) is 0 Å². The Morgan fingerprint density at radius 2 is 2.04 bits per heavy atom. The molecule has 0 amide bonds. The van der Waals surface area contributed by atoms with Gasteiger partial charge in [0.2, 0.25) is 0 Å². The number of rotatable bonds is 7. The summed E-state index contributed by atoms with van der Waals surface area (Å²) in [5.41, 5.74) is 1.13. The normalized spacial score (nSPS) is 16.3. The third-order valence-electron chi connectivity index (χ3n) is 4.36. The number of aliphatic imine (C=N–C) groups is 1. The molecule has 6 heteroatoms. The molecule has 1 fully saturated rings. The highest BCUT2D eigenvalue weighted by molar-refractivity contribution is 6.35. The Labute approximate surface area is 161 Å². The second-order valence-electron chi connectivity index (χ2n) is 6.22. The molecule has 1 saturated heterocycles. The molecule has 0 spiro atoms. The Kier molecular flexibility index (Phi) is 8.87. The maximum atomic E-state index is 6.23. The van der Waals surface area contributed by atoms with Crippen LogP contribution in [0, 0.1) is 0 Å². The van der Waals surface area contributed by atoms with E-state index in [1.165, 1.54) is 0 Å². The number of nitrogens with zero attached hydrogens (tertiary/aromatic N) is 2. The summed E-state index contributed by atoms with van der Waals surface area (Å²) in [5.74, 6) is 1.01. The van der Waals surface area contributed by atoms with Gasteiger partial charge in [0.25, 0.3) is 0 Å². The highest BCUT2D eigenvalue weighted by Gasteiger charge is 2.21. The first-order valence-electron chi connectivity index (χ1n) is 9.22. The number of guanidine groups is 1. The number of benzene rings is 1. The molecule has 0 bridgehead atoms. The second-order valence-corrected chi connectivity index (χ2v) is 7.06. The monoisotopic (exact) mass is 385 g/mol. The molecule has 1 aromatic carbocycles. The van der Waals surface area contributed by atoms with Crippen LogP contribution in [0.15, 0.2) is 23.2 Å². The minimum Gasteiger partial charge on any atom is -0.378 e. The van der Waals surface area contributed by atoms with Gasteiger partial charge in [0.1, 0.15) is 0 Å². The van der Waals surface area contributed by atoms with Crippen molar-refractivity contribution in [3.05, 3.63) is 33.8 Å². The average Bonchev–Trinajstić information content (AvgIpc) is 2.60. The maximum absolute atomic E-state index is 6.23. The minimum atomic E-state index is 0.399. The van der Waals surface area contributed by atoms with E-state index in [1.807, 2.05) is 12.1 Å². The standard InChI is InChI=1S/C19H29Cl2N3O/c1-3-22-19(24-12-9-17(10-13-24)25-4-2)23-11-5-6-15-7-8-16(20)14-18(15)21/h7-8,14,17H,3-6,9-13H2,1-2H3,(H,22,23). The van der Waals surface area contributed by atoms with E-state index in [2.05, 4.69) is 24.1 Å². The van der Waals surface area contributed by atoms with Crippen molar-refractivity contribution in [2.45, 2.75) is 45.6 Å². The molecular formula is C19H29Cl2N3O. The number of nitrogens with one attached hydrogen (secondary N) is 1. The van der Waals surface area contributed by atoms with Crippen molar-refractivity contribution in [3.8, 4) is 0 Å². The number of likely N-dealkylation sites (tertiary alicyclic amines) is 1. The van der Waals surface area contributed by atoms with E-state index in [1.54, 1.807) is 6.07 Å². The lowest BCUT2D eigenvalue weighted by Gasteiger charge is -2.34. The van der Waals surface area contributed by atoms with Crippen LogP contribution in [0.4, 0.5) is 0 Å². The van der Waals surface area contributed by atoms with Gasteiger partial charge in [0, 0.05) is 42.8 Å². The molecule has 0 aromatic heterocycles. The van der Waals surface area contributed by atoms with E-state index in [0.717, 1.165) is 75.0 Å². The molecule has 140 valence electrons. The summed E-state index contributed by atoms with van der Waals surface area (Å²) in [5, 5.41) is 4.82. The van der Waals surface area contributed by atoms with E-state index in [4.69, 9.17) is 32.9 Å². The molecule has 1 aliphatic rings. The van der Waals surface area contributed by atoms with Gasteiger partial charge in [0.15, 0.2) is 5.96 Å². The van der Waals surface area contributed by atoms with Crippen LogP contribution in [-0.2, 0) is 11.2 Å². The van der Waals surface area contributed by atoms with Gasteiger partial charge in [-0.15, -0.1) is 0 Å². The van der Waals surface area contributed by atoms with Crippen LogP contribution in [0.1, 0.15) is 38.7 Å². The zero-order valence-corrected chi connectivity index (χ0v) is 16.7. The summed E-state index contributed by atoms with van der Waals surface area (Å²) in [6.07, 6.45) is 4.41. The summed E-state index contributed by atoms with van der Waals surface area (Å²) in [6.45, 7) is 8.63. The molecule has 1 aromatic rings. The lowest BCUT2D eigenvalue weighted by atomic mass is 10.1. The Morgan fingerprint density at radius 1 is 1.28 bits per heavy atom. The molecule has 1 aliphatic heterocycles. The van der Waals surface area contributed by atoms with Crippen molar-refractivity contribution < 1.29 is 4.74 Å². The van der Waals surface area contributed by atoms with E-state index >= 15 is 0 Å². The Balaban J connectivity index is 1.83. The maximum Gasteiger partial charge on any atom is 0.193 e. The molecule has 2 rings (SSSR count). The fourth-order valence-electron chi connectivity index (χ4n) is 3.07. The van der Waals surface area contributed by atoms with Crippen LogP contribution in [-0.4, -0.2) is 49.7 Å². The predicted octanol–water partition coefficient (Wildman–Crippen LogP) is 4.39. The fourth-order valence-corrected chi connectivity index (χ4v) is 3.58. The lowest BCUT2D eigenvalue weighted by Crippen LogP contribution is -2.47. The van der Waals surface area contributed by atoms with Crippen LogP contribution in [0.3, 0.4) is 0 Å². The van der Waals surface area contributed by atoms with Gasteiger partial charge in [-0.2, -0.15) is 0 Å². The van der Waals surface area contributed by atoms with E-state index in [9.17, 15) is 0 Å². The average molecular weight is 386 g/mol. The minimum absolute atomic E-state index is 0.399. The number of hydrogen-bond donors (Lipinski definition) is 1. The number of piperidine rings is 1. The quantitative estimate of drug-likeness (QED) is 0.429. The van der Waals surface area contributed by atoms with E-state index in [-0.39, 0.29) is 0 Å². The summed E-state index contributed by atoms with van der Waals surface area (Å²) in [4.78, 5) is 7.13. The van der Waals surface area contributed by atoms with E-state index < -0.39 is 0 Å². The molecule has 25 heavy (non-hydrogen) atoms. The van der Waals surface area contributed by atoms with Crippen LogP contribution >= 0.6 is 23.2 Å². The molecule has 1 heterocycles. The smallest absolute Gasteiger partial charge is 0.193 e. The molecule has 0 unspecified atom stereocenters. The highest BCUT2D eigenvalue weighted by Crippen LogP contribution is 2.22. The van der Waals surface area contributed by atoms with Crippen molar-refractivity contribution in [2.24, 2.45) is 4.99 Å². The van der Waals surface area contributed by atoms with Gasteiger partial charge in [-0.05, 0) is 57.2 Å². The first kappa shape index (κ1) is 20.3.